The van der Waals surface area contributed by atoms with Crippen molar-refractivity contribution < 1.29 is 4.42 Å². The maximum absolute atomic E-state index is 6.15. The van der Waals surface area contributed by atoms with E-state index in [4.69, 9.17) is 15.1 Å². The number of furan rings is 1. The number of anilines is 1. The van der Waals surface area contributed by atoms with Crippen molar-refractivity contribution in [1.82, 2.24) is 19.5 Å². The highest BCUT2D eigenvalue weighted by Crippen LogP contribution is 2.29. The Morgan fingerprint density at radius 3 is 2.71 bits per heavy atom. The van der Waals surface area contributed by atoms with Crippen molar-refractivity contribution >= 4 is 11.5 Å². The van der Waals surface area contributed by atoms with Crippen LogP contribution in [0.5, 0.6) is 0 Å². The minimum atomic E-state index is 0.460. The number of rotatable bonds is 3. The summed E-state index contributed by atoms with van der Waals surface area (Å²) < 4.78 is 7.40. The van der Waals surface area contributed by atoms with Gasteiger partial charge in [0.2, 0.25) is 0 Å². The number of hydrogen-bond acceptors (Lipinski definition) is 5. The summed E-state index contributed by atoms with van der Waals surface area (Å²) in [6.07, 6.45) is 2.19. The summed E-state index contributed by atoms with van der Waals surface area (Å²) in [6.45, 7) is 6.94. The van der Waals surface area contributed by atoms with Crippen molar-refractivity contribution in [3.8, 4) is 0 Å². The lowest BCUT2D eigenvalue weighted by molar-refractivity contribution is 0.189. The summed E-state index contributed by atoms with van der Waals surface area (Å²) in [4.78, 5) is 7.22. The Bertz CT molecular complexity index is 858. The Hall–Kier alpha value is -2.34. The lowest BCUT2D eigenvalue weighted by atomic mass is 9.93. The highest BCUT2D eigenvalue weighted by atomic mass is 16.3. The van der Waals surface area contributed by atoms with Gasteiger partial charge in [-0.1, -0.05) is 0 Å². The molecule has 4 rings (SSSR count). The monoisotopic (exact) mass is 325 g/mol. The molecule has 3 aromatic rings. The molecule has 0 unspecified atom stereocenters. The number of hydrogen-bond donors (Lipinski definition) is 1. The van der Waals surface area contributed by atoms with E-state index in [1.165, 1.54) is 0 Å². The third-order valence-electron chi connectivity index (χ3n) is 4.78. The molecule has 0 amide bonds. The van der Waals surface area contributed by atoms with E-state index < -0.39 is 0 Å². The number of aryl methyl sites for hydroxylation is 2. The van der Waals surface area contributed by atoms with Crippen molar-refractivity contribution in [2.45, 2.75) is 39.2 Å². The van der Waals surface area contributed by atoms with E-state index in [1.54, 1.807) is 4.52 Å². The summed E-state index contributed by atoms with van der Waals surface area (Å²) in [7, 11) is 0. The minimum absolute atomic E-state index is 0.460. The highest BCUT2D eigenvalue weighted by molar-refractivity contribution is 5.48. The zero-order chi connectivity index (χ0) is 16.7. The smallest absolute Gasteiger partial charge is 0.157 e. The SMILES string of the molecule is Cc1cc2nc(C3CCN(Cc4ccc(C)o4)CC3)cc(N)n2n1. The van der Waals surface area contributed by atoms with Crippen LogP contribution in [0.15, 0.2) is 28.7 Å². The van der Waals surface area contributed by atoms with E-state index >= 15 is 0 Å². The molecule has 1 aliphatic heterocycles. The molecule has 0 spiro atoms. The second-order valence-electron chi connectivity index (χ2n) is 6.72. The average Bonchev–Trinajstić information content (AvgIpc) is 3.13. The summed E-state index contributed by atoms with van der Waals surface area (Å²) in [6, 6.07) is 8.06. The maximum Gasteiger partial charge on any atom is 0.157 e. The number of likely N-dealkylation sites (tertiary alicyclic amines) is 1. The van der Waals surface area contributed by atoms with Gasteiger partial charge >= 0.3 is 0 Å². The zero-order valence-corrected chi connectivity index (χ0v) is 14.2. The molecule has 0 aromatic carbocycles. The Balaban J connectivity index is 1.45. The Kier molecular flexibility index (Phi) is 3.76. The van der Waals surface area contributed by atoms with Crippen molar-refractivity contribution in [2.75, 3.05) is 18.8 Å². The highest BCUT2D eigenvalue weighted by Gasteiger charge is 2.23. The molecule has 3 aromatic heterocycles. The lowest BCUT2D eigenvalue weighted by Crippen LogP contribution is -2.32. The molecule has 0 saturated carbocycles. The summed E-state index contributed by atoms with van der Waals surface area (Å²) in [5.41, 5.74) is 9.02. The van der Waals surface area contributed by atoms with Gasteiger partial charge in [0.1, 0.15) is 17.3 Å². The molecule has 0 aliphatic carbocycles. The van der Waals surface area contributed by atoms with Gasteiger partial charge in [0.25, 0.3) is 0 Å². The third kappa shape index (κ3) is 2.89. The first-order valence-electron chi connectivity index (χ1n) is 8.49. The molecule has 0 bridgehead atoms. The first-order chi connectivity index (χ1) is 11.6. The first-order valence-corrected chi connectivity index (χ1v) is 8.49. The van der Waals surface area contributed by atoms with Crippen LogP contribution in [0.4, 0.5) is 5.82 Å². The van der Waals surface area contributed by atoms with Gasteiger partial charge in [0.05, 0.1) is 12.2 Å². The van der Waals surface area contributed by atoms with Gasteiger partial charge in [-0.15, -0.1) is 0 Å². The van der Waals surface area contributed by atoms with Gasteiger partial charge in [0.15, 0.2) is 5.65 Å². The molecule has 2 N–H and O–H groups in total. The van der Waals surface area contributed by atoms with Crippen molar-refractivity contribution in [1.29, 1.82) is 0 Å². The van der Waals surface area contributed by atoms with Gasteiger partial charge in [0, 0.05) is 23.7 Å². The number of nitrogen functional groups attached to an aromatic ring is 1. The fourth-order valence-electron chi connectivity index (χ4n) is 3.52. The molecule has 1 fully saturated rings. The number of aromatic nitrogens is 3. The van der Waals surface area contributed by atoms with Crippen LogP contribution >= 0.6 is 0 Å². The molecule has 1 aliphatic rings. The van der Waals surface area contributed by atoms with Crippen LogP contribution in [0, 0.1) is 13.8 Å². The molecule has 0 atom stereocenters. The topological polar surface area (TPSA) is 72.6 Å². The molecule has 1 saturated heterocycles. The number of piperidine rings is 1. The van der Waals surface area contributed by atoms with E-state index in [9.17, 15) is 0 Å². The summed E-state index contributed by atoms with van der Waals surface area (Å²) in [5.74, 6) is 3.15. The number of nitrogens with two attached hydrogens (primary N) is 1. The Morgan fingerprint density at radius 1 is 1.21 bits per heavy atom. The van der Waals surface area contributed by atoms with E-state index in [0.29, 0.717) is 11.7 Å². The van der Waals surface area contributed by atoms with Crippen molar-refractivity contribution in [3.05, 3.63) is 47.2 Å². The third-order valence-corrected chi connectivity index (χ3v) is 4.78. The van der Waals surface area contributed by atoms with E-state index in [-0.39, 0.29) is 0 Å². The van der Waals surface area contributed by atoms with Gasteiger partial charge in [-0.05, 0) is 51.9 Å². The lowest BCUT2D eigenvalue weighted by Gasteiger charge is -2.31. The van der Waals surface area contributed by atoms with Crippen LogP contribution in [0.2, 0.25) is 0 Å². The van der Waals surface area contributed by atoms with Crippen LogP contribution in [0.1, 0.15) is 41.7 Å². The summed E-state index contributed by atoms with van der Waals surface area (Å²) in [5, 5.41) is 4.37. The molecule has 24 heavy (non-hydrogen) atoms. The van der Waals surface area contributed by atoms with Gasteiger partial charge in [-0.25, -0.2) is 4.98 Å². The molecular weight excluding hydrogens is 302 g/mol. The molecule has 4 heterocycles. The van der Waals surface area contributed by atoms with Gasteiger partial charge in [-0.3, -0.25) is 4.90 Å². The van der Waals surface area contributed by atoms with Gasteiger partial charge < -0.3 is 10.2 Å². The van der Waals surface area contributed by atoms with Crippen LogP contribution in [-0.4, -0.2) is 32.6 Å². The largest absolute Gasteiger partial charge is 0.465 e. The molecule has 6 heteroatoms. The van der Waals surface area contributed by atoms with E-state index in [0.717, 1.165) is 61.0 Å². The fraction of sp³-hybridized carbons (Fsp3) is 0.444. The first kappa shape index (κ1) is 15.2. The molecule has 6 nitrogen and oxygen atoms in total. The predicted molar refractivity (Wildman–Crippen MR) is 92.8 cm³/mol. The fourth-order valence-corrected chi connectivity index (χ4v) is 3.52. The molecule has 126 valence electrons. The number of nitrogens with zero attached hydrogens (tertiary/aromatic N) is 4. The minimum Gasteiger partial charge on any atom is -0.465 e. The van der Waals surface area contributed by atoms with Crippen LogP contribution < -0.4 is 5.73 Å². The normalized spacial score (nSPS) is 16.9. The van der Waals surface area contributed by atoms with Crippen LogP contribution in [0.3, 0.4) is 0 Å². The standard InChI is InChI=1S/C18H23N5O/c1-12-9-18-20-16(10-17(19)23(18)21-12)14-5-7-22(8-6-14)11-15-4-3-13(2)24-15/h3-4,9-10,14H,5-8,11,19H2,1-2H3. The van der Waals surface area contributed by atoms with Gasteiger partial charge in [-0.2, -0.15) is 9.61 Å². The van der Waals surface area contributed by atoms with E-state index in [2.05, 4.69) is 16.1 Å². The second-order valence-corrected chi connectivity index (χ2v) is 6.72. The van der Waals surface area contributed by atoms with Crippen molar-refractivity contribution in [2.24, 2.45) is 0 Å². The molecule has 0 radical (unpaired) electrons. The van der Waals surface area contributed by atoms with Crippen molar-refractivity contribution in [3.63, 3.8) is 0 Å². The zero-order valence-electron chi connectivity index (χ0n) is 14.2. The molecular formula is C18H23N5O. The van der Waals surface area contributed by atoms with Crippen LogP contribution in [-0.2, 0) is 6.54 Å². The average molecular weight is 325 g/mol. The van der Waals surface area contributed by atoms with Crippen LogP contribution in [0.25, 0.3) is 5.65 Å². The number of fused-ring (bicyclic) bond motifs is 1. The Labute approximate surface area is 141 Å². The summed E-state index contributed by atoms with van der Waals surface area (Å²) >= 11 is 0. The second kappa shape index (κ2) is 5.94. The maximum atomic E-state index is 6.15. The van der Waals surface area contributed by atoms with E-state index in [1.807, 2.05) is 32.0 Å². The predicted octanol–water partition coefficient (Wildman–Crippen LogP) is 2.90. The quantitative estimate of drug-likeness (QED) is 0.801. The Morgan fingerprint density at radius 2 is 2.00 bits per heavy atom.